The lowest BCUT2D eigenvalue weighted by Gasteiger charge is -2.09. The summed E-state index contributed by atoms with van der Waals surface area (Å²) in [6.45, 7) is 0.210. The van der Waals surface area contributed by atoms with Gasteiger partial charge in [-0.15, -0.1) is 0 Å². The van der Waals surface area contributed by atoms with E-state index in [-0.39, 0.29) is 12.1 Å². The Labute approximate surface area is 108 Å². The SMILES string of the molecule is O=C(O)c1ccccc1NCc1ccc(F)c(F)c1. The fourth-order valence-electron chi connectivity index (χ4n) is 1.67. The van der Waals surface area contributed by atoms with Crippen molar-refractivity contribution in [2.75, 3.05) is 5.32 Å². The van der Waals surface area contributed by atoms with Crippen LogP contribution in [0.15, 0.2) is 42.5 Å². The number of halogens is 2. The average Bonchev–Trinajstić information content (AvgIpc) is 2.40. The van der Waals surface area contributed by atoms with Gasteiger partial charge in [0.1, 0.15) is 0 Å². The molecule has 0 atom stereocenters. The molecular formula is C14H11F2NO2. The molecule has 0 saturated carbocycles. The van der Waals surface area contributed by atoms with Crippen LogP contribution in [0, 0.1) is 11.6 Å². The van der Waals surface area contributed by atoms with Crippen LogP contribution in [-0.4, -0.2) is 11.1 Å². The minimum Gasteiger partial charge on any atom is -0.478 e. The quantitative estimate of drug-likeness (QED) is 0.890. The van der Waals surface area contributed by atoms with Gasteiger partial charge in [0, 0.05) is 12.2 Å². The van der Waals surface area contributed by atoms with Gasteiger partial charge in [-0.1, -0.05) is 18.2 Å². The highest BCUT2D eigenvalue weighted by molar-refractivity contribution is 5.94. The minimum atomic E-state index is -1.05. The van der Waals surface area contributed by atoms with Crippen LogP contribution in [-0.2, 0) is 6.54 Å². The number of rotatable bonds is 4. The van der Waals surface area contributed by atoms with Gasteiger partial charge in [0.05, 0.1) is 5.56 Å². The summed E-state index contributed by atoms with van der Waals surface area (Å²) in [6, 6.07) is 9.95. The lowest BCUT2D eigenvalue weighted by Crippen LogP contribution is -2.06. The Morgan fingerprint density at radius 2 is 1.84 bits per heavy atom. The van der Waals surface area contributed by atoms with Gasteiger partial charge in [-0.25, -0.2) is 13.6 Å². The molecule has 98 valence electrons. The molecule has 2 N–H and O–H groups in total. The van der Waals surface area contributed by atoms with Crippen LogP contribution in [0.4, 0.5) is 14.5 Å². The molecule has 0 spiro atoms. The van der Waals surface area contributed by atoms with E-state index in [9.17, 15) is 13.6 Å². The van der Waals surface area contributed by atoms with Gasteiger partial charge in [0.25, 0.3) is 0 Å². The highest BCUT2D eigenvalue weighted by Crippen LogP contribution is 2.17. The summed E-state index contributed by atoms with van der Waals surface area (Å²) < 4.78 is 25.8. The van der Waals surface area contributed by atoms with Crippen molar-refractivity contribution < 1.29 is 18.7 Å². The van der Waals surface area contributed by atoms with Gasteiger partial charge in [-0.3, -0.25) is 0 Å². The van der Waals surface area contributed by atoms with Crippen LogP contribution in [0.5, 0.6) is 0 Å². The molecule has 0 saturated heterocycles. The fourth-order valence-corrected chi connectivity index (χ4v) is 1.67. The Bertz CT molecular complexity index is 614. The number of anilines is 1. The topological polar surface area (TPSA) is 49.3 Å². The molecule has 0 radical (unpaired) electrons. The molecule has 0 aliphatic carbocycles. The number of nitrogens with one attached hydrogen (secondary N) is 1. The molecule has 0 aliphatic rings. The first-order valence-corrected chi connectivity index (χ1v) is 5.58. The Morgan fingerprint density at radius 3 is 2.53 bits per heavy atom. The van der Waals surface area contributed by atoms with E-state index in [1.165, 1.54) is 12.1 Å². The Hall–Kier alpha value is -2.43. The van der Waals surface area contributed by atoms with Crippen LogP contribution < -0.4 is 5.32 Å². The van der Waals surface area contributed by atoms with E-state index < -0.39 is 17.6 Å². The lowest BCUT2D eigenvalue weighted by atomic mass is 10.1. The van der Waals surface area contributed by atoms with E-state index >= 15 is 0 Å². The van der Waals surface area contributed by atoms with Crippen molar-refractivity contribution in [1.82, 2.24) is 0 Å². The monoisotopic (exact) mass is 263 g/mol. The first-order chi connectivity index (χ1) is 9.08. The minimum absolute atomic E-state index is 0.130. The largest absolute Gasteiger partial charge is 0.478 e. The normalized spacial score (nSPS) is 10.2. The van der Waals surface area contributed by atoms with Crippen molar-refractivity contribution in [2.45, 2.75) is 6.54 Å². The fraction of sp³-hybridized carbons (Fsp3) is 0.0714. The average molecular weight is 263 g/mol. The molecule has 0 heterocycles. The zero-order chi connectivity index (χ0) is 13.8. The van der Waals surface area contributed by atoms with Crippen molar-refractivity contribution in [1.29, 1.82) is 0 Å². The van der Waals surface area contributed by atoms with Gasteiger partial charge in [0.15, 0.2) is 11.6 Å². The Balaban J connectivity index is 2.14. The zero-order valence-electron chi connectivity index (χ0n) is 9.86. The van der Waals surface area contributed by atoms with Crippen LogP contribution in [0.3, 0.4) is 0 Å². The number of carboxylic acid groups (broad SMARTS) is 1. The van der Waals surface area contributed by atoms with E-state index in [2.05, 4.69) is 5.32 Å². The van der Waals surface area contributed by atoms with Gasteiger partial charge >= 0.3 is 5.97 Å². The molecule has 0 bridgehead atoms. The third kappa shape index (κ3) is 3.07. The third-order valence-electron chi connectivity index (χ3n) is 2.62. The summed E-state index contributed by atoms with van der Waals surface area (Å²) in [4.78, 5) is 11.0. The molecule has 0 amide bonds. The summed E-state index contributed by atoms with van der Waals surface area (Å²) in [5.41, 5.74) is 1.09. The maximum Gasteiger partial charge on any atom is 0.337 e. The third-order valence-corrected chi connectivity index (χ3v) is 2.62. The molecule has 3 nitrogen and oxygen atoms in total. The summed E-state index contributed by atoms with van der Waals surface area (Å²) >= 11 is 0. The van der Waals surface area contributed by atoms with Crippen LogP contribution >= 0.6 is 0 Å². The standard InChI is InChI=1S/C14H11F2NO2/c15-11-6-5-9(7-12(11)16)8-17-13-4-2-1-3-10(13)14(18)19/h1-7,17H,8H2,(H,18,19). The molecule has 0 unspecified atom stereocenters. The number of aromatic carboxylic acids is 1. The zero-order valence-corrected chi connectivity index (χ0v) is 9.86. The smallest absolute Gasteiger partial charge is 0.337 e. The molecule has 2 aromatic rings. The molecule has 19 heavy (non-hydrogen) atoms. The highest BCUT2D eigenvalue weighted by atomic mass is 19.2. The number of hydrogen-bond donors (Lipinski definition) is 2. The number of carboxylic acids is 1. The Morgan fingerprint density at radius 1 is 1.11 bits per heavy atom. The Kier molecular flexibility index (Phi) is 3.75. The predicted molar refractivity (Wildman–Crippen MR) is 67.1 cm³/mol. The van der Waals surface area contributed by atoms with Crippen molar-refractivity contribution >= 4 is 11.7 Å². The van der Waals surface area contributed by atoms with Crippen LogP contribution in [0.25, 0.3) is 0 Å². The summed E-state index contributed by atoms with van der Waals surface area (Å²) in [5, 5.41) is 11.9. The first kappa shape index (κ1) is 13.0. The van der Waals surface area contributed by atoms with E-state index in [0.29, 0.717) is 11.3 Å². The molecule has 0 fully saturated rings. The van der Waals surface area contributed by atoms with Crippen molar-refractivity contribution in [2.24, 2.45) is 0 Å². The summed E-state index contributed by atoms with van der Waals surface area (Å²) in [5.74, 6) is -2.88. The molecule has 2 aromatic carbocycles. The number of benzene rings is 2. The maximum atomic E-state index is 13.0. The van der Waals surface area contributed by atoms with Gasteiger partial charge in [-0.2, -0.15) is 0 Å². The maximum absolute atomic E-state index is 13.0. The summed E-state index contributed by atoms with van der Waals surface area (Å²) in [7, 11) is 0. The number of hydrogen-bond acceptors (Lipinski definition) is 2. The molecular weight excluding hydrogens is 252 g/mol. The van der Waals surface area contributed by atoms with Gasteiger partial charge in [0.2, 0.25) is 0 Å². The second-order valence-corrected chi connectivity index (χ2v) is 3.95. The molecule has 0 aliphatic heterocycles. The van der Waals surface area contributed by atoms with Crippen LogP contribution in [0.2, 0.25) is 0 Å². The van der Waals surface area contributed by atoms with Gasteiger partial charge in [-0.05, 0) is 29.8 Å². The predicted octanol–water partition coefficient (Wildman–Crippen LogP) is 3.28. The van der Waals surface area contributed by atoms with Crippen molar-refractivity contribution in [3.05, 3.63) is 65.2 Å². The van der Waals surface area contributed by atoms with Crippen molar-refractivity contribution in [3.8, 4) is 0 Å². The second-order valence-electron chi connectivity index (χ2n) is 3.95. The van der Waals surface area contributed by atoms with E-state index in [1.54, 1.807) is 18.2 Å². The highest BCUT2D eigenvalue weighted by Gasteiger charge is 2.09. The molecule has 5 heteroatoms. The van der Waals surface area contributed by atoms with E-state index in [1.807, 2.05) is 0 Å². The molecule has 0 aromatic heterocycles. The van der Waals surface area contributed by atoms with Crippen molar-refractivity contribution in [3.63, 3.8) is 0 Å². The second kappa shape index (κ2) is 5.48. The first-order valence-electron chi connectivity index (χ1n) is 5.58. The number of carbonyl (C=O) groups is 1. The van der Waals surface area contributed by atoms with Crippen LogP contribution in [0.1, 0.15) is 15.9 Å². The number of para-hydroxylation sites is 1. The van der Waals surface area contributed by atoms with E-state index in [0.717, 1.165) is 12.1 Å². The lowest BCUT2D eigenvalue weighted by molar-refractivity contribution is 0.0698. The summed E-state index contributed by atoms with van der Waals surface area (Å²) in [6.07, 6.45) is 0. The molecule has 2 rings (SSSR count). The van der Waals surface area contributed by atoms with Gasteiger partial charge < -0.3 is 10.4 Å². The van der Waals surface area contributed by atoms with E-state index in [4.69, 9.17) is 5.11 Å².